The Morgan fingerprint density at radius 1 is 1.10 bits per heavy atom. The molecule has 2 heterocycles. The van der Waals surface area contributed by atoms with Crippen molar-refractivity contribution in [2.24, 2.45) is 0 Å². The number of halogens is 2. The third kappa shape index (κ3) is 3.70. The van der Waals surface area contributed by atoms with Crippen molar-refractivity contribution in [2.45, 2.75) is 24.9 Å². The maximum atomic E-state index is 13.2. The van der Waals surface area contributed by atoms with Gasteiger partial charge in [0, 0.05) is 11.6 Å². The first-order valence-corrected chi connectivity index (χ1v) is 10.1. The maximum Gasteiger partial charge on any atom is 0.325 e. The van der Waals surface area contributed by atoms with Gasteiger partial charge in [0.05, 0.1) is 23.7 Å². The Labute approximate surface area is 178 Å². The predicted octanol–water partition coefficient (Wildman–Crippen LogP) is 3.72. The highest BCUT2D eigenvalue weighted by Gasteiger charge is 2.53. The second-order valence-electron chi connectivity index (χ2n) is 7.34. The molecule has 4 amide bonds. The number of rotatable bonds is 3. The van der Waals surface area contributed by atoms with Crippen LogP contribution in [-0.4, -0.2) is 46.3 Å². The van der Waals surface area contributed by atoms with Gasteiger partial charge in [0.25, 0.3) is 11.8 Å². The SMILES string of the molecule is O=C(c1ccccc1Cl)N1CCC[C@@]2(C1)NC(=O)N(Cc1cccc(Cl)c1)C2=O. The summed E-state index contributed by atoms with van der Waals surface area (Å²) in [4.78, 5) is 41.5. The fourth-order valence-corrected chi connectivity index (χ4v) is 4.38. The molecule has 8 heteroatoms. The molecule has 0 saturated carbocycles. The van der Waals surface area contributed by atoms with E-state index in [1.807, 2.05) is 6.07 Å². The average molecular weight is 432 g/mol. The van der Waals surface area contributed by atoms with E-state index in [-0.39, 0.29) is 24.9 Å². The summed E-state index contributed by atoms with van der Waals surface area (Å²) in [6.07, 6.45) is 1.09. The van der Waals surface area contributed by atoms with Crippen LogP contribution in [0.3, 0.4) is 0 Å². The third-order valence-corrected chi connectivity index (χ3v) is 5.92. The minimum Gasteiger partial charge on any atom is -0.336 e. The molecule has 29 heavy (non-hydrogen) atoms. The average Bonchev–Trinajstić information content (AvgIpc) is 2.92. The summed E-state index contributed by atoms with van der Waals surface area (Å²) < 4.78 is 0. The Kier molecular flexibility index (Phi) is 5.23. The van der Waals surface area contributed by atoms with Crippen LogP contribution < -0.4 is 5.32 Å². The molecule has 2 aliphatic heterocycles. The first-order valence-electron chi connectivity index (χ1n) is 9.32. The molecule has 2 aromatic rings. The van der Waals surface area contributed by atoms with Crippen molar-refractivity contribution in [3.05, 3.63) is 69.7 Å². The quantitative estimate of drug-likeness (QED) is 0.752. The molecule has 1 spiro atoms. The van der Waals surface area contributed by atoms with Crippen molar-refractivity contribution in [1.82, 2.24) is 15.1 Å². The summed E-state index contributed by atoms with van der Waals surface area (Å²) in [5.41, 5.74) is 0.0433. The summed E-state index contributed by atoms with van der Waals surface area (Å²) in [5.74, 6) is -0.566. The fourth-order valence-electron chi connectivity index (χ4n) is 3.95. The van der Waals surface area contributed by atoms with Crippen LogP contribution in [-0.2, 0) is 11.3 Å². The van der Waals surface area contributed by atoms with Gasteiger partial charge in [-0.2, -0.15) is 0 Å². The van der Waals surface area contributed by atoms with Crippen LogP contribution in [0.4, 0.5) is 4.79 Å². The number of nitrogens with zero attached hydrogens (tertiary/aromatic N) is 2. The van der Waals surface area contributed by atoms with Gasteiger partial charge in [0.2, 0.25) is 0 Å². The van der Waals surface area contributed by atoms with Gasteiger partial charge in [-0.05, 0) is 42.7 Å². The van der Waals surface area contributed by atoms with Crippen LogP contribution in [0.1, 0.15) is 28.8 Å². The smallest absolute Gasteiger partial charge is 0.325 e. The molecular weight excluding hydrogens is 413 g/mol. The van der Waals surface area contributed by atoms with E-state index in [2.05, 4.69) is 5.32 Å². The molecule has 2 aromatic carbocycles. The van der Waals surface area contributed by atoms with Gasteiger partial charge in [-0.25, -0.2) is 4.79 Å². The van der Waals surface area contributed by atoms with Crippen LogP contribution in [0.15, 0.2) is 48.5 Å². The van der Waals surface area contributed by atoms with Gasteiger partial charge in [-0.15, -0.1) is 0 Å². The lowest BCUT2D eigenvalue weighted by Crippen LogP contribution is -2.59. The Hall–Kier alpha value is -2.57. The molecule has 0 unspecified atom stereocenters. The Bertz CT molecular complexity index is 997. The van der Waals surface area contributed by atoms with Crippen molar-refractivity contribution < 1.29 is 14.4 Å². The number of imide groups is 1. The zero-order valence-corrected chi connectivity index (χ0v) is 17.0. The number of urea groups is 1. The third-order valence-electron chi connectivity index (χ3n) is 5.36. The Balaban J connectivity index is 1.55. The molecule has 0 bridgehead atoms. The zero-order chi connectivity index (χ0) is 20.6. The van der Waals surface area contributed by atoms with Crippen LogP contribution in [0.25, 0.3) is 0 Å². The lowest BCUT2D eigenvalue weighted by Gasteiger charge is -2.38. The summed E-state index contributed by atoms with van der Waals surface area (Å²) in [6, 6.07) is 13.4. The van der Waals surface area contributed by atoms with Crippen LogP contribution >= 0.6 is 23.2 Å². The summed E-state index contributed by atoms with van der Waals surface area (Å²) in [7, 11) is 0. The van der Waals surface area contributed by atoms with Gasteiger partial charge in [-0.3, -0.25) is 14.5 Å². The molecular formula is C21H19Cl2N3O3. The molecule has 2 aliphatic rings. The number of nitrogens with one attached hydrogen (secondary N) is 1. The zero-order valence-electron chi connectivity index (χ0n) is 15.5. The number of likely N-dealkylation sites (tertiary alicyclic amines) is 1. The second-order valence-corrected chi connectivity index (χ2v) is 8.19. The van der Waals surface area contributed by atoms with E-state index < -0.39 is 11.6 Å². The highest BCUT2D eigenvalue weighted by molar-refractivity contribution is 6.33. The molecule has 150 valence electrons. The molecule has 2 saturated heterocycles. The van der Waals surface area contributed by atoms with Crippen LogP contribution in [0.2, 0.25) is 10.0 Å². The second kappa shape index (κ2) is 7.69. The first-order chi connectivity index (χ1) is 13.9. The van der Waals surface area contributed by atoms with Crippen molar-refractivity contribution in [3.63, 3.8) is 0 Å². The van der Waals surface area contributed by atoms with Gasteiger partial charge in [0.15, 0.2) is 0 Å². The van der Waals surface area contributed by atoms with Crippen molar-refractivity contribution in [2.75, 3.05) is 13.1 Å². The first kappa shape index (κ1) is 19.7. The lowest BCUT2D eigenvalue weighted by atomic mass is 9.88. The summed E-state index contributed by atoms with van der Waals surface area (Å²) in [6.45, 7) is 0.752. The molecule has 0 aromatic heterocycles. The molecule has 1 N–H and O–H groups in total. The van der Waals surface area contributed by atoms with Crippen molar-refractivity contribution in [1.29, 1.82) is 0 Å². The minimum absolute atomic E-state index is 0.119. The van der Waals surface area contributed by atoms with E-state index >= 15 is 0 Å². The van der Waals surface area contributed by atoms with Crippen molar-refractivity contribution in [3.8, 4) is 0 Å². The highest BCUT2D eigenvalue weighted by Crippen LogP contribution is 2.31. The largest absolute Gasteiger partial charge is 0.336 e. The van der Waals surface area contributed by atoms with Gasteiger partial charge < -0.3 is 10.2 Å². The monoisotopic (exact) mass is 431 g/mol. The highest BCUT2D eigenvalue weighted by atomic mass is 35.5. The molecule has 0 aliphatic carbocycles. The van der Waals surface area contributed by atoms with Crippen LogP contribution in [0, 0.1) is 0 Å². The molecule has 6 nitrogen and oxygen atoms in total. The van der Waals surface area contributed by atoms with Gasteiger partial charge in [-0.1, -0.05) is 47.5 Å². The number of carbonyl (C=O) groups is 3. The summed E-state index contributed by atoms with van der Waals surface area (Å²) >= 11 is 12.2. The van der Waals surface area contributed by atoms with Gasteiger partial charge in [0.1, 0.15) is 5.54 Å². The Morgan fingerprint density at radius 3 is 2.66 bits per heavy atom. The number of piperidine rings is 1. The predicted molar refractivity (Wildman–Crippen MR) is 110 cm³/mol. The lowest BCUT2D eigenvalue weighted by molar-refractivity contribution is -0.133. The molecule has 0 radical (unpaired) electrons. The van der Waals surface area contributed by atoms with Crippen molar-refractivity contribution >= 4 is 41.0 Å². The normalized spacial score (nSPS) is 21.6. The molecule has 4 rings (SSSR count). The molecule has 2 fully saturated rings. The Morgan fingerprint density at radius 2 is 1.90 bits per heavy atom. The maximum absolute atomic E-state index is 13.2. The van der Waals surface area contributed by atoms with Gasteiger partial charge >= 0.3 is 6.03 Å². The number of hydrogen-bond donors (Lipinski definition) is 1. The number of benzene rings is 2. The number of amides is 4. The summed E-state index contributed by atoms with van der Waals surface area (Å²) in [5, 5.41) is 3.74. The van der Waals surface area contributed by atoms with E-state index in [1.54, 1.807) is 47.4 Å². The van der Waals surface area contributed by atoms with E-state index in [4.69, 9.17) is 23.2 Å². The topological polar surface area (TPSA) is 69.7 Å². The molecule has 1 atom stereocenters. The minimum atomic E-state index is -1.11. The number of carbonyl (C=O) groups excluding carboxylic acids is 3. The standard InChI is InChI=1S/C21H19Cl2N3O3/c22-15-6-3-5-14(11-15)12-26-19(28)21(24-20(26)29)9-4-10-25(13-21)18(27)16-7-1-2-8-17(16)23/h1-3,5-8,11H,4,9-10,12-13H2,(H,24,29)/t21-/m0/s1. The van der Waals surface area contributed by atoms with Crippen LogP contribution in [0.5, 0.6) is 0 Å². The van der Waals surface area contributed by atoms with E-state index in [1.165, 1.54) is 4.90 Å². The number of hydrogen-bond acceptors (Lipinski definition) is 3. The fraction of sp³-hybridized carbons (Fsp3) is 0.286. The van der Waals surface area contributed by atoms with E-state index in [0.717, 1.165) is 5.56 Å². The van der Waals surface area contributed by atoms with E-state index in [9.17, 15) is 14.4 Å². The van der Waals surface area contributed by atoms with E-state index in [0.29, 0.717) is 35.0 Å².